The minimum absolute atomic E-state index is 0.0187. The summed E-state index contributed by atoms with van der Waals surface area (Å²) < 4.78 is 27.1. The molecule has 1 heterocycles. The van der Waals surface area contributed by atoms with Gasteiger partial charge >= 0.3 is 5.69 Å². The molecule has 20 heavy (non-hydrogen) atoms. The number of hydrogen-bond acceptors (Lipinski definition) is 4. The standard InChI is InChI=1S/C13H17F2N3O2/c1-8-2-3-17(10(4-8)7-16)12-6-9(14)5-11(15)13(12)18(19)20/h5-6,8,10H,2-4,7,16H2,1H3. The molecule has 2 N–H and O–H groups in total. The van der Waals surface area contributed by atoms with Crippen LogP contribution in [0.4, 0.5) is 20.2 Å². The zero-order valence-electron chi connectivity index (χ0n) is 11.2. The molecule has 1 aromatic rings. The SMILES string of the molecule is CC1CCN(c2cc(F)cc(F)c2[N+](=O)[O-])C(CN)C1. The van der Waals surface area contributed by atoms with Crippen LogP contribution < -0.4 is 10.6 Å². The molecule has 2 rings (SSSR count). The van der Waals surface area contributed by atoms with Crippen LogP contribution in [0.5, 0.6) is 0 Å². The molecule has 0 bridgehead atoms. The third kappa shape index (κ3) is 2.72. The van der Waals surface area contributed by atoms with Gasteiger partial charge in [0.15, 0.2) is 0 Å². The summed E-state index contributed by atoms with van der Waals surface area (Å²) in [6.45, 7) is 2.87. The number of nitrogens with two attached hydrogens (primary N) is 1. The Hall–Kier alpha value is -1.76. The minimum Gasteiger partial charge on any atom is -0.362 e. The number of anilines is 1. The number of benzene rings is 1. The molecule has 1 aliphatic rings. The van der Waals surface area contributed by atoms with E-state index in [2.05, 4.69) is 6.92 Å². The summed E-state index contributed by atoms with van der Waals surface area (Å²) in [5.74, 6) is -1.53. The minimum atomic E-state index is -1.15. The van der Waals surface area contributed by atoms with Crippen LogP contribution in [-0.2, 0) is 0 Å². The summed E-state index contributed by atoms with van der Waals surface area (Å²) in [7, 11) is 0. The molecule has 1 aliphatic heterocycles. The van der Waals surface area contributed by atoms with Crippen LogP contribution in [0.2, 0.25) is 0 Å². The van der Waals surface area contributed by atoms with Crippen LogP contribution in [0.25, 0.3) is 0 Å². The monoisotopic (exact) mass is 285 g/mol. The third-order valence-corrected chi connectivity index (χ3v) is 3.75. The maximum Gasteiger partial charge on any atom is 0.328 e. The Balaban J connectivity index is 2.47. The van der Waals surface area contributed by atoms with Crippen LogP contribution in [0.15, 0.2) is 12.1 Å². The highest BCUT2D eigenvalue weighted by molar-refractivity contribution is 5.65. The zero-order valence-corrected chi connectivity index (χ0v) is 11.2. The highest BCUT2D eigenvalue weighted by Crippen LogP contribution is 2.36. The lowest BCUT2D eigenvalue weighted by molar-refractivity contribution is -0.386. The van der Waals surface area contributed by atoms with Crippen molar-refractivity contribution in [2.45, 2.75) is 25.8 Å². The maximum absolute atomic E-state index is 13.7. The molecule has 1 fully saturated rings. The number of halogens is 2. The highest BCUT2D eigenvalue weighted by Gasteiger charge is 2.32. The van der Waals surface area contributed by atoms with Crippen LogP contribution in [0.3, 0.4) is 0 Å². The molecule has 0 aromatic heterocycles. The van der Waals surface area contributed by atoms with E-state index in [1.54, 1.807) is 4.90 Å². The molecule has 1 saturated heterocycles. The lowest BCUT2D eigenvalue weighted by atomic mass is 9.91. The molecule has 0 radical (unpaired) electrons. The Morgan fingerprint density at radius 1 is 1.50 bits per heavy atom. The molecular formula is C13H17F2N3O2. The second-order valence-corrected chi connectivity index (χ2v) is 5.22. The fraction of sp³-hybridized carbons (Fsp3) is 0.538. The van der Waals surface area contributed by atoms with Gasteiger partial charge in [0.25, 0.3) is 0 Å². The average molecular weight is 285 g/mol. The lowest BCUT2D eigenvalue weighted by Crippen LogP contribution is -2.46. The predicted octanol–water partition coefficient (Wildman–Crippen LogP) is 2.44. The van der Waals surface area contributed by atoms with Crippen molar-refractivity contribution in [3.05, 3.63) is 33.9 Å². The van der Waals surface area contributed by atoms with Gasteiger partial charge in [-0.05, 0) is 18.8 Å². The van der Waals surface area contributed by atoms with E-state index in [1.165, 1.54) is 0 Å². The first-order valence-corrected chi connectivity index (χ1v) is 6.54. The Bertz CT molecular complexity index is 525. The van der Waals surface area contributed by atoms with Gasteiger partial charge in [0.2, 0.25) is 5.82 Å². The van der Waals surface area contributed by atoms with E-state index >= 15 is 0 Å². The maximum atomic E-state index is 13.7. The fourth-order valence-electron chi connectivity index (χ4n) is 2.74. The van der Waals surface area contributed by atoms with Crippen molar-refractivity contribution in [2.75, 3.05) is 18.0 Å². The second-order valence-electron chi connectivity index (χ2n) is 5.22. The summed E-state index contributed by atoms with van der Waals surface area (Å²) in [6, 6.07) is 1.41. The van der Waals surface area contributed by atoms with Gasteiger partial charge in [0, 0.05) is 31.3 Å². The predicted molar refractivity (Wildman–Crippen MR) is 71.6 cm³/mol. The molecule has 0 amide bonds. The summed E-state index contributed by atoms with van der Waals surface area (Å²) in [5, 5.41) is 11.0. The third-order valence-electron chi connectivity index (χ3n) is 3.75. The van der Waals surface area contributed by atoms with Gasteiger partial charge in [-0.3, -0.25) is 10.1 Å². The summed E-state index contributed by atoms with van der Waals surface area (Å²) >= 11 is 0. The van der Waals surface area contributed by atoms with E-state index in [9.17, 15) is 18.9 Å². The molecule has 2 atom stereocenters. The van der Waals surface area contributed by atoms with Crippen molar-refractivity contribution in [1.82, 2.24) is 0 Å². The zero-order chi connectivity index (χ0) is 14.9. The summed E-state index contributed by atoms with van der Waals surface area (Å²) in [5.41, 5.74) is 5.00. The van der Waals surface area contributed by atoms with Gasteiger partial charge in [0.05, 0.1) is 4.92 Å². The smallest absolute Gasteiger partial charge is 0.328 e. The normalized spacial score (nSPS) is 22.9. The molecule has 5 nitrogen and oxygen atoms in total. The van der Waals surface area contributed by atoms with E-state index in [1.807, 2.05) is 0 Å². The second kappa shape index (κ2) is 5.70. The number of nitro groups is 1. The quantitative estimate of drug-likeness (QED) is 0.684. The Morgan fingerprint density at radius 2 is 2.20 bits per heavy atom. The first-order chi connectivity index (χ1) is 9.43. The van der Waals surface area contributed by atoms with Gasteiger partial charge < -0.3 is 10.6 Å². The van der Waals surface area contributed by atoms with E-state index in [-0.39, 0.29) is 11.7 Å². The van der Waals surface area contributed by atoms with Gasteiger partial charge in [0.1, 0.15) is 11.5 Å². The number of rotatable bonds is 3. The fourth-order valence-corrected chi connectivity index (χ4v) is 2.74. The van der Waals surface area contributed by atoms with E-state index in [0.717, 1.165) is 18.9 Å². The van der Waals surface area contributed by atoms with Gasteiger partial charge in [-0.2, -0.15) is 4.39 Å². The van der Waals surface area contributed by atoms with Gasteiger partial charge in [-0.1, -0.05) is 6.92 Å². The van der Waals surface area contributed by atoms with Crippen LogP contribution >= 0.6 is 0 Å². The molecule has 0 aliphatic carbocycles. The Morgan fingerprint density at radius 3 is 2.80 bits per heavy atom. The first kappa shape index (κ1) is 14.6. The number of piperidine rings is 1. The van der Waals surface area contributed by atoms with Crippen molar-refractivity contribution in [2.24, 2.45) is 11.7 Å². The topological polar surface area (TPSA) is 72.4 Å². The average Bonchev–Trinajstić information content (AvgIpc) is 2.36. The van der Waals surface area contributed by atoms with Crippen molar-refractivity contribution >= 4 is 11.4 Å². The van der Waals surface area contributed by atoms with E-state index in [0.29, 0.717) is 25.1 Å². The number of hydrogen-bond donors (Lipinski definition) is 1. The molecular weight excluding hydrogens is 268 g/mol. The van der Waals surface area contributed by atoms with Crippen molar-refractivity contribution < 1.29 is 13.7 Å². The van der Waals surface area contributed by atoms with Gasteiger partial charge in [-0.25, -0.2) is 4.39 Å². The number of nitrogens with zero attached hydrogens (tertiary/aromatic N) is 2. The van der Waals surface area contributed by atoms with Crippen molar-refractivity contribution in [1.29, 1.82) is 0 Å². The highest BCUT2D eigenvalue weighted by atomic mass is 19.1. The van der Waals surface area contributed by atoms with Crippen molar-refractivity contribution in [3.63, 3.8) is 0 Å². The van der Waals surface area contributed by atoms with E-state index < -0.39 is 22.2 Å². The van der Waals surface area contributed by atoms with Crippen LogP contribution in [0, 0.1) is 27.7 Å². The van der Waals surface area contributed by atoms with Crippen LogP contribution in [0.1, 0.15) is 19.8 Å². The van der Waals surface area contributed by atoms with Gasteiger partial charge in [-0.15, -0.1) is 0 Å². The number of nitro benzene ring substituents is 1. The van der Waals surface area contributed by atoms with E-state index in [4.69, 9.17) is 5.73 Å². The lowest BCUT2D eigenvalue weighted by Gasteiger charge is -2.39. The summed E-state index contributed by atoms with van der Waals surface area (Å²) in [6.07, 6.45) is 1.57. The first-order valence-electron chi connectivity index (χ1n) is 6.54. The molecule has 110 valence electrons. The molecule has 7 heteroatoms. The molecule has 2 unspecified atom stereocenters. The largest absolute Gasteiger partial charge is 0.362 e. The Labute approximate surface area is 115 Å². The molecule has 0 spiro atoms. The Kier molecular flexibility index (Phi) is 4.17. The molecule has 1 aromatic carbocycles. The summed E-state index contributed by atoms with van der Waals surface area (Å²) in [4.78, 5) is 11.9. The molecule has 0 saturated carbocycles. The van der Waals surface area contributed by atoms with Crippen LogP contribution in [-0.4, -0.2) is 24.1 Å². The van der Waals surface area contributed by atoms with Crippen molar-refractivity contribution in [3.8, 4) is 0 Å².